The third kappa shape index (κ3) is 10.9. The second-order valence-corrected chi connectivity index (χ2v) is 1.24. The zero-order valence-electron chi connectivity index (χ0n) is 4.88. The van der Waals surface area contributed by atoms with Crippen molar-refractivity contribution in [1.82, 2.24) is 0 Å². The average Bonchev–Trinajstić information content (AvgIpc) is 1.81. The summed E-state index contributed by atoms with van der Waals surface area (Å²) in [4.78, 5) is 0. The lowest BCUT2D eigenvalue weighted by atomic mass is 10.4. The van der Waals surface area contributed by atoms with E-state index >= 15 is 0 Å². The number of hydrogen-bond donors (Lipinski definition) is 0. The van der Waals surface area contributed by atoms with Crippen LogP contribution in [0.5, 0.6) is 0 Å². The molecule has 0 aliphatic heterocycles. The van der Waals surface area contributed by atoms with E-state index in [1.165, 1.54) is 0 Å². The van der Waals surface area contributed by atoms with Crippen LogP contribution in [0.2, 0.25) is 0 Å². The van der Waals surface area contributed by atoms with Gasteiger partial charge in [0.05, 0.1) is 0 Å². The highest BCUT2D eigenvalue weighted by Crippen LogP contribution is 1.76. The average molecular weight is 125 g/mol. The molecule has 0 bridgehead atoms. The summed E-state index contributed by atoms with van der Waals surface area (Å²) in [5.41, 5.74) is 0. The van der Waals surface area contributed by atoms with Gasteiger partial charge in [0.2, 0.25) is 0 Å². The van der Waals surface area contributed by atoms with Crippen molar-refractivity contribution >= 4 is 0 Å². The van der Waals surface area contributed by atoms with Crippen LogP contribution in [0.3, 0.4) is 0 Å². The van der Waals surface area contributed by atoms with Crippen molar-refractivity contribution in [3.8, 4) is 0 Å². The van der Waals surface area contributed by atoms with Gasteiger partial charge < -0.3 is 0 Å². The first-order valence-electron chi connectivity index (χ1n) is 2.48. The molecule has 0 radical (unpaired) electrons. The van der Waals surface area contributed by atoms with Gasteiger partial charge in [-0.05, 0) is 0 Å². The standard InChI is InChI=1S/C8H10.CH4.H2/c1-3-5-7-8-6-4-2;;/h3-8H,1-2H2;1H4;1H/b7-5+,8-6+;;/i;;1+1. The quantitative estimate of drug-likeness (QED) is 0.507. The maximum Gasteiger partial charge on any atom is 0 e. The largest absolute Gasteiger partial charge is 0.0991 e. The molecule has 0 heteroatoms. The van der Waals surface area contributed by atoms with Crippen molar-refractivity contribution in [3.63, 3.8) is 0 Å². The summed E-state index contributed by atoms with van der Waals surface area (Å²) in [5, 5.41) is 0. The second kappa shape index (κ2) is 10.0. The molecule has 0 aliphatic carbocycles. The summed E-state index contributed by atoms with van der Waals surface area (Å²) in [7, 11) is 0. The third-order valence-electron chi connectivity index (χ3n) is 0.605. The molecular formula is C9H16. The first-order chi connectivity index (χ1) is 3.91. The van der Waals surface area contributed by atoms with Gasteiger partial charge in [0, 0.05) is 1.43 Å². The van der Waals surface area contributed by atoms with Gasteiger partial charge >= 0.3 is 0 Å². The Kier molecular flexibility index (Phi) is 12.1. The van der Waals surface area contributed by atoms with Crippen LogP contribution in [-0.4, -0.2) is 0 Å². The van der Waals surface area contributed by atoms with Gasteiger partial charge in [-0.2, -0.15) is 0 Å². The molecule has 0 aromatic carbocycles. The fourth-order valence-corrected chi connectivity index (χ4v) is 0.285. The molecular weight excluding hydrogens is 108 g/mol. The number of allylic oxidation sites excluding steroid dienone is 6. The highest BCUT2D eigenvalue weighted by Gasteiger charge is 1.54. The highest BCUT2D eigenvalue weighted by atomic mass is 13.6. The highest BCUT2D eigenvalue weighted by molar-refractivity contribution is 5.12. The van der Waals surface area contributed by atoms with E-state index in [-0.39, 0.29) is 8.85 Å². The van der Waals surface area contributed by atoms with Crippen LogP contribution in [-0.2, 0) is 0 Å². The van der Waals surface area contributed by atoms with Crippen LogP contribution in [0.4, 0.5) is 0 Å². The Morgan fingerprint density at radius 2 is 1.11 bits per heavy atom. The lowest BCUT2D eigenvalue weighted by molar-refractivity contribution is 1.91. The molecule has 0 fully saturated rings. The minimum absolute atomic E-state index is 0. The molecule has 0 nitrogen and oxygen atoms in total. The summed E-state index contributed by atoms with van der Waals surface area (Å²) < 4.78 is 0. The Bertz CT molecular complexity index is 105. The predicted molar refractivity (Wildman–Crippen MR) is 47.5 cm³/mol. The van der Waals surface area contributed by atoms with E-state index in [0.29, 0.717) is 0 Å². The lowest BCUT2D eigenvalue weighted by Crippen LogP contribution is -1.45. The van der Waals surface area contributed by atoms with Crippen molar-refractivity contribution in [2.75, 3.05) is 0 Å². The van der Waals surface area contributed by atoms with E-state index in [4.69, 9.17) is 0 Å². The van der Waals surface area contributed by atoms with Crippen LogP contribution in [0.1, 0.15) is 8.85 Å². The molecule has 0 N–H and O–H groups in total. The minimum atomic E-state index is 0. The van der Waals surface area contributed by atoms with Gasteiger partial charge in [0.25, 0.3) is 0 Å². The van der Waals surface area contributed by atoms with Crippen molar-refractivity contribution in [3.05, 3.63) is 49.6 Å². The van der Waals surface area contributed by atoms with Crippen molar-refractivity contribution < 1.29 is 1.43 Å². The molecule has 0 amide bonds. The van der Waals surface area contributed by atoms with E-state index in [2.05, 4.69) is 13.2 Å². The second-order valence-electron chi connectivity index (χ2n) is 1.24. The fraction of sp³-hybridized carbons (Fsp3) is 0.111. The molecule has 0 aromatic rings. The monoisotopic (exact) mass is 125 g/mol. The number of rotatable bonds is 3. The van der Waals surface area contributed by atoms with Gasteiger partial charge in [0.1, 0.15) is 0 Å². The van der Waals surface area contributed by atoms with E-state index in [1.54, 1.807) is 12.2 Å². The Morgan fingerprint density at radius 1 is 0.778 bits per heavy atom. The summed E-state index contributed by atoms with van der Waals surface area (Å²) in [6.45, 7) is 7.02. The van der Waals surface area contributed by atoms with Crippen LogP contribution in [0, 0.1) is 0 Å². The summed E-state index contributed by atoms with van der Waals surface area (Å²) >= 11 is 0. The first kappa shape index (κ1) is 10.9. The van der Waals surface area contributed by atoms with Crippen molar-refractivity contribution in [2.24, 2.45) is 0 Å². The molecule has 0 saturated carbocycles. The Hall–Kier alpha value is -1.04. The van der Waals surface area contributed by atoms with Crippen LogP contribution >= 0.6 is 0 Å². The normalized spacial score (nSPS) is 9.33. The maximum atomic E-state index is 3.51. The van der Waals surface area contributed by atoms with Gasteiger partial charge in [-0.25, -0.2) is 0 Å². The molecule has 0 spiro atoms. The van der Waals surface area contributed by atoms with E-state index in [1.807, 2.05) is 24.3 Å². The molecule has 0 unspecified atom stereocenters. The predicted octanol–water partition coefficient (Wildman–Crippen LogP) is 3.35. The fourth-order valence-electron chi connectivity index (χ4n) is 0.285. The third-order valence-corrected chi connectivity index (χ3v) is 0.605. The molecule has 9 heavy (non-hydrogen) atoms. The van der Waals surface area contributed by atoms with Crippen molar-refractivity contribution in [2.45, 2.75) is 7.43 Å². The van der Waals surface area contributed by atoms with Gasteiger partial charge in [0.15, 0.2) is 0 Å². The van der Waals surface area contributed by atoms with Crippen LogP contribution in [0.15, 0.2) is 49.6 Å². The molecule has 52 valence electrons. The number of hydrogen-bond acceptors (Lipinski definition) is 0. The first-order valence-corrected chi connectivity index (χ1v) is 2.48. The van der Waals surface area contributed by atoms with Gasteiger partial charge in [-0.1, -0.05) is 57.0 Å². The molecule has 0 atom stereocenters. The Balaban J connectivity index is -0.000000245. The Labute approximate surface area is 59.4 Å². The summed E-state index contributed by atoms with van der Waals surface area (Å²) in [6.07, 6.45) is 11.0. The van der Waals surface area contributed by atoms with Crippen LogP contribution in [0.25, 0.3) is 0 Å². The zero-order valence-corrected chi connectivity index (χ0v) is 4.88. The Morgan fingerprint density at radius 3 is 1.33 bits per heavy atom. The summed E-state index contributed by atoms with van der Waals surface area (Å²) in [5.74, 6) is 0. The molecule has 0 rings (SSSR count). The molecule has 0 saturated heterocycles. The minimum Gasteiger partial charge on any atom is -0.0991 e. The van der Waals surface area contributed by atoms with Crippen LogP contribution < -0.4 is 0 Å². The van der Waals surface area contributed by atoms with E-state index in [9.17, 15) is 0 Å². The van der Waals surface area contributed by atoms with Gasteiger partial charge in [-0.3, -0.25) is 0 Å². The van der Waals surface area contributed by atoms with Gasteiger partial charge in [-0.15, -0.1) is 0 Å². The molecule has 0 heterocycles. The maximum absolute atomic E-state index is 3.51. The smallest absolute Gasteiger partial charge is 0 e. The molecule has 0 aromatic heterocycles. The zero-order chi connectivity index (χ0) is 6.24. The SMILES string of the molecule is C.C=C/C=C/C=C/C=C.[2HH]. The topological polar surface area (TPSA) is 0 Å². The molecule has 0 aliphatic rings. The summed E-state index contributed by atoms with van der Waals surface area (Å²) in [6, 6.07) is 0. The van der Waals surface area contributed by atoms with E-state index in [0.717, 1.165) is 0 Å². The van der Waals surface area contributed by atoms with E-state index < -0.39 is 0 Å². The van der Waals surface area contributed by atoms with Crippen molar-refractivity contribution in [1.29, 1.82) is 0 Å². The lowest BCUT2D eigenvalue weighted by Gasteiger charge is -1.67.